The number of isocyanates is 2. The van der Waals surface area contributed by atoms with Crippen LogP contribution in [0.15, 0.2) is 68.3 Å². The number of nitrogens with zero attached hydrogens (tertiary/aromatic N) is 2. The van der Waals surface area contributed by atoms with Gasteiger partial charge in [0.2, 0.25) is 12.2 Å². The Hall–Kier alpha value is -2.45. The van der Waals surface area contributed by atoms with E-state index in [4.69, 9.17) is 0 Å². The molecule has 0 aliphatic rings. The van der Waals surface area contributed by atoms with Gasteiger partial charge in [0.05, 0.1) is 13.1 Å². The van der Waals surface area contributed by atoms with Crippen molar-refractivity contribution in [3.05, 3.63) is 59.7 Å². The zero-order valence-electron chi connectivity index (χ0n) is 11.2. The van der Waals surface area contributed by atoms with Crippen LogP contribution in [0.25, 0.3) is 0 Å². The molecule has 0 saturated heterocycles. The molecule has 0 aliphatic heterocycles. The molecule has 0 heterocycles. The Morgan fingerprint density at radius 1 is 0.762 bits per heavy atom. The van der Waals surface area contributed by atoms with Gasteiger partial charge in [0.25, 0.3) is 0 Å². The highest BCUT2D eigenvalue weighted by molar-refractivity contribution is 7.99. The van der Waals surface area contributed by atoms with Crippen LogP contribution in [0.5, 0.6) is 0 Å². The van der Waals surface area contributed by atoms with E-state index in [1.54, 1.807) is 23.9 Å². The molecule has 0 unspecified atom stereocenters. The highest BCUT2D eigenvalue weighted by Crippen LogP contribution is 2.33. The molecule has 0 aromatic heterocycles. The van der Waals surface area contributed by atoms with Gasteiger partial charge < -0.3 is 0 Å². The van der Waals surface area contributed by atoms with Crippen LogP contribution in [0, 0.1) is 0 Å². The van der Waals surface area contributed by atoms with E-state index in [2.05, 4.69) is 9.98 Å². The lowest BCUT2D eigenvalue weighted by atomic mass is 10.2. The van der Waals surface area contributed by atoms with Gasteiger partial charge in [0, 0.05) is 9.79 Å². The third-order valence-electron chi connectivity index (χ3n) is 2.79. The maximum Gasteiger partial charge on any atom is 0.235 e. The zero-order chi connectivity index (χ0) is 14.9. The van der Waals surface area contributed by atoms with Crippen molar-refractivity contribution in [1.82, 2.24) is 0 Å². The van der Waals surface area contributed by atoms with Crippen molar-refractivity contribution in [1.29, 1.82) is 0 Å². The maximum atomic E-state index is 10.3. The topological polar surface area (TPSA) is 58.9 Å². The first-order chi connectivity index (χ1) is 10.3. The lowest BCUT2D eigenvalue weighted by molar-refractivity contribution is 0.562. The highest BCUT2D eigenvalue weighted by Gasteiger charge is 2.07. The zero-order valence-corrected chi connectivity index (χ0v) is 12.0. The van der Waals surface area contributed by atoms with Gasteiger partial charge in [-0.1, -0.05) is 48.2 Å². The lowest BCUT2D eigenvalue weighted by Gasteiger charge is -2.09. The molecule has 0 radical (unpaired) electrons. The predicted octanol–water partition coefficient (Wildman–Crippen LogP) is 3.51. The van der Waals surface area contributed by atoms with Crippen LogP contribution in [0.1, 0.15) is 11.1 Å². The Morgan fingerprint density at radius 2 is 1.19 bits per heavy atom. The highest BCUT2D eigenvalue weighted by atomic mass is 32.2. The largest absolute Gasteiger partial charge is 0.235 e. The van der Waals surface area contributed by atoms with Gasteiger partial charge in [0.15, 0.2) is 0 Å². The Kier molecular flexibility index (Phi) is 5.68. The third-order valence-corrected chi connectivity index (χ3v) is 4.03. The summed E-state index contributed by atoms with van der Waals surface area (Å²) in [5, 5.41) is 0. The summed E-state index contributed by atoms with van der Waals surface area (Å²) in [7, 11) is 0. The number of rotatable bonds is 6. The van der Waals surface area contributed by atoms with E-state index < -0.39 is 0 Å². The van der Waals surface area contributed by atoms with E-state index in [-0.39, 0.29) is 0 Å². The fourth-order valence-corrected chi connectivity index (χ4v) is 2.88. The van der Waals surface area contributed by atoms with E-state index in [9.17, 15) is 9.59 Å². The van der Waals surface area contributed by atoms with Crippen molar-refractivity contribution < 1.29 is 9.59 Å². The molecule has 104 valence electrons. The van der Waals surface area contributed by atoms with Crippen molar-refractivity contribution in [2.75, 3.05) is 0 Å². The van der Waals surface area contributed by atoms with Crippen LogP contribution >= 0.6 is 11.8 Å². The first-order valence-corrected chi connectivity index (χ1v) is 7.07. The standard InChI is InChI=1S/C16H12N2O2S/c19-11-17-9-13-5-1-3-7-15(13)21-16-8-4-2-6-14(16)10-18-12-20/h1-8H,9-10H2. The van der Waals surface area contributed by atoms with Crippen LogP contribution in [-0.4, -0.2) is 12.2 Å². The first kappa shape index (κ1) is 14.9. The quantitative estimate of drug-likeness (QED) is 0.605. The molecule has 0 saturated carbocycles. The monoisotopic (exact) mass is 296 g/mol. The average molecular weight is 296 g/mol. The van der Waals surface area contributed by atoms with Gasteiger partial charge in [-0.25, -0.2) is 19.6 Å². The molecule has 0 N–H and O–H groups in total. The first-order valence-electron chi connectivity index (χ1n) is 6.26. The predicted molar refractivity (Wildman–Crippen MR) is 80.7 cm³/mol. The summed E-state index contributed by atoms with van der Waals surface area (Å²) in [5.41, 5.74) is 1.92. The van der Waals surface area contributed by atoms with Crippen molar-refractivity contribution in [3.63, 3.8) is 0 Å². The van der Waals surface area contributed by atoms with Gasteiger partial charge in [0.1, 0.15) is 0 Å². The van der Waals surface area contributed by atoms with E-state index >= 15 is 0 Å². The molecule has 5 heteroatoms. The number of aliphatic imine (C=N–C) groups is 2. The van der Waals surface area contributed by atoms with Gasteiger partial charge >= 0.3 is 0 Å². The minimum absolute atomic E-state index is 0.307. The number of hydrogen-bond acceptors (Lipinski definition) is 5. The summed E-state index contributed by atoms with van der Waals surface area (Å²) in [5.74, 6) is 0. The Balaban J connectivity index is 2.30. The lowest BCUT2D eigenvalue weighted by Crippen LogP contribution is -1.89. The van der Waals surface area contributed by atoms with Crippen LogP contribution in [0.2, 0.25) is 0 Å². The summed E-state index contributed by atoms with van der Waals surface area (Å²) in [6.07, 6.45) is 3.11. The molecule has 21 heavy (non-hydrogen) atoms. The Labute approximate surface area is 126 Å². The number of benzene rings is 2. The van der Waals surface area contributed by atoms with Crippen LogP contribution in [0.4, 0.5) is 0 Å². The second kappa shape index (κ2) is 7.98. The molecule has 0 atom stereocenters. The van der Waals surface area contributed by atoms with E-state index in [1.165, 1.54) is 0 Å². The molecule has 0 fully saturated rings. The van der Waals surface area contributed by atoms with Gasteiger partial charge in [-0.15, -0.1) is 0 Å². The molecule has 0 amide bonds. The van der Waals surface area contributed by atoms with E-state index in [1.807, 2.05) is 48.5 Å². The van der Waals surface area contributed by atoms with Gasteiger partial charge in [-0.3, -0.25) is 0 Å². The van der Waals surface area contributed by atoms with E-state index in [0.717, 1.165) is 20.9 Å². The number of hydrogen-bond donors (Lipinski definition) is 0. The summed E-state index contributed by atoms with van der Waals surface area (Å²) >= 11 is 1.56. The molecule has 0 spiro atoms. The minimum atomic E-state index is 0.307. The van der Waals surface area contributed by atoms with Gasteiger partial charge in [-0.05, 0) is 23.3 Å². The smallest absolute Gasteiger partial charge is 0.211 e. The van der Waals surface area contributed by atoms with E-state index in [0.29, 0.717) is 13.1 Å². The van der Waals surface area contributed by atoms with Crippen molar-refractivity contribution in [2.24, 2.45) is 9.98 Å². The molecule has 2 rings (SSSR count). The van der Waals surface area contributed by atoms with Crippen LogP contribution < -0.4 is 0 Å². The second-order valence-corrected chi connectivity index (χ2v) is 5.22. The molecular weight excluding hydrogens is 284 g/mol. The molecule has 2 aromatic rings. The third kappa shape index (κ3) is 4.26. The molecular formula is C16H12N2O2S. The summed E-state index contributed by atoms with van der Waals surface area (Å²) < 4.78 is 0. The van der Waals surface area contributed by atoms with Crippen molar-refractivity contribution in [2.45, 2.75) is 22.9 Å². The maximum absolute atomic E-state index is 10.3. The Morgan fingerprint density at radius 3 is 1.62 bits per heavy atom. The van der Waals surface area contributed by atoms with Crippen molar-refractivity contribution in [3.8, 4) is 0 Å². The summed E-state index contributed by atoms with van der Waals surface area (Å²) in [6, 6.07) is 15.5. The van der Waals surface area contributed by atoms with Crippen LogP contribution in [0.3, 0.4) is 0 Å². The molecule has 0 aliphatic carbocycles. The molecule has 4 nitrogen and oxygen atoms in total. The fraction of sp³-hybridized carbons (Fsp3) is 0.125. The fourth-order valence-electron chi connectivity index (χ4n) is 1.82. The van der Waals surface area contributed by atoms with Gasteiger partial charge in [-0.2, -0.15) is 0 Å². The molecule has 2 aromatic carbocycles. The minimum Gasteiger partial charge on any atom is -0.211 e. The molecule has 0 bridgehead atoms. The van der Waals surface area contributed by atoms with Crippen molar-refractivity contribution >= 4 is 23.9 Å². The summed E-state index contributed by atoms with van der Waals surface area (Å²) in [4.78, 5) is 29.8. The SMILES string of the molecule is O=C=NCc1ccccc1Sc1ccccc1CN=C=O. The van der Waals surface area contributed by atoms with Crippen LogP contribution in [-0.2, 0) is 22.7 Å². The summed E-state index contributed by atoms with van der Waals surface area (Å²) in [6.45, 7) is 0.614. The number of carbonyl (C=O) groups excluding carboxylic acids is 2. The Bertz CT molecular complexity index is 656. The average Bonchev–Trinajstić information content (AvgIpc) is 2.53. The second-order valence-electron chi connectivity index (χ2n) is 4.13. The normalized spacial score (nSPS) is 9.52.